The van der Waals surface area contributed by atoms with Crippen molar-refractivity contribution < 1.29 is 13.2 Å². The zero-order chi connectivity index (χ0) is 22.3. The Morgan fingerprint density at radius 1 is 1.06 bits per heavy atom. The minimum Gasteiger partial charge on any atom is -0.365 e. The molecular formula is C21H30N6O3S. The Hall–Kier alpha value is -2.46. The Kier molecular flexibility index (Phi) is 5.55. The molecule has 1 aliphatic heterocycles. The topological polar surface area (TPSA) is 109 Å². The van der Waals surface area contributed by atoms with Crippen molar-refractivity contribution in [3.63, 3.8) is 0 Å². The first-order chi connectivity index (χ1) is 14.6. The first-order valence-corrected chi connectivity index (χ1v) is 12.4. The number of nitrogens with zero attached hydrogens (tertiary/aromatic N) is 4. The average Bonchev–Trinajstić information content (AvgIpc) is 2.69. The molecule has 0 unspecified atom stereocenters. The third kappa shape index (κ3) is 4.90. The number of sulfone groups is 1. The maximum absolute atomic E-state index is 11.6. The second kappa shape index (κ2) is 7.90. The lowest BCUT2D eigenvalue weighted by Crippen LogP contribution is -2.62. The summed E-state index contributed by atoms with van der Waals surface area (Å²) in [5.74, 6) is 1.58. The van der Waals surface area contributed by atoms with Crippen LogP contribution < -0.4 is 15.5 Å². The summed E-state index contributed by atoms with van der Waals surface area (Å²) >= 11 is 0. The van der Waals surface area contributed by atoms with Crippen molar-refractivity contribution in [2.75, 3.05) is 41.9 Å². The minimum atomic E-state index is -3.21. The molecule has 9 nitrogen and oxygen atoms in total. The van der Waals surface area contributed by atoms with Crippen molar-refractivity contribution in [2.45, 2.75) is 55.8 Å². The SMILES string of the molecule is CNc1nc(NCc2ccc(S(C)(=O)=O)cc2)nc(N2CC(C)(C)OC3(CCC3)C2)n1. The number of aromatic nitrogens is 3. The number of rotatable bonds is 6. The second-order valence-corrected chi connectivity index (χ2v) is 11.1. The predicted octanol–water partition coefficient (Wildman–Crippen LogP) is 2.47. The smallest absolute Gasteiger partial charge is 0.232 e. The van der Waals surface area contributed by atoms with E-state index in [1.807, 2.05) is 0 Å². The van der Waals surface area contributed by atoms with Crippen LogP contribution in [0.3, 0.4) is 0 Å². The summed E-state index contributed by atoms with van der Waals surface area (Å²) in [7, 11) is -1.43. The molecule has 2 aromatic rings. The summed E-state index contributed by atoms with van der Waals surface area (Å²) in [6.45, 7) is 6.16. The van der Waals surface area contributed by atoms with Gasteiger partial charge in [-0.05, 0) is 50.8 Å². The molecule has 2 heterocycles. The van der Waals surface area contributed by atoms with Gasteiger partial charge < -0.3 is 20.3 Å². The fourth-order valence-electron chi connectivity index (χ4n) is 4.22. The molecule has 1 saturated carbocycles. The van der Waals surface area contributed by atoms with E-state index in [4.69, 9.17) is 4.74 Å². The predicted molar refractivity (Wildman–Crippen MR) is 120 cm³/mol. The van der Waals surface area contributed by atoms with Crippen LogP contribution in [-0.4, -0.2) is 61.0 Å². The van der Waals surface area contributed by atoms with E-state index in [-0.39, 0.29) is 11.2 Å². The molecular weight excluding hydrogens is 416 g/mol. The van der Waals surface area contributed by atoms with Crippen LogP contribution >= 0.6 is 0 Å². The van der Waals surface area contributed by atoms with Gasteiger partial charge in [0.05, 0.1) is 22.6 Å². The van der Waals surface area contributed by atoms with Crippen LogP contribution in [0.15, 0.2) is 29.2 Å². The lowest BCUT2D eigenvalue weighted by atomic mass is 9.77. The first-order valence-electron chi connectivity index (χ1n) is 10.5. The van der Waals surface area contributed by atoms with Crippen molar-refractivity contribution in [1.82, 2.24) is 15.0 Å². The quantitative estimate of drug-likeness (QED) is 0.691. The molecule has 1 aliphatic carbocycles. The number of morpholine rings is 1. The molecule has 0 atom stereocenters. The highest BCUT2D eigenvalue weighted by Crippen LogP contribution is 2.43. The van der Waals surface area contributed by atoms with Gasteiger partial charge in [-0.15, -0.1) is 0 Å². The van der Waals surface area contributed by atoms with E-state index >= 15 is 0 Å². The van der Waals surface area contributed by atoms with Crippen molar-refractivity contribution in [3.8, 4) is 0 Å². The molecule has 0 radical (unpaired) electrons. The zero-order valence-electron chi connectivity index (χ0n) is 18.5. The molecule has 10 heteroatoms. The summed E-state index contributed by atoms with van der Waals surface area (Å²) in [4.78, 5) is 16.2. The molecule has 0 amide bonds. The molecule has 1 aromatic carbocycles. The lowest BCUT2D eigenvalue weighted by Gasteiger charge is -2.54. The third-order valence-corrected chi connectivity index (χ3v) is 6.87. The fourth-order valence-corrected chi connectivity index (χ4v) is 4.85. The van der Waals surface area contributed by atoms with Gasteiger partial charge >= 0.3 is 0 Å². The molecule has 2 fully saturated rings. The number of benzene rings is 1. The van der Waals surface area contributed by atoms with Gasteiger partial charge in [-0.3, -0.25) is 0 Å². The van der Waals surface area contributed by atoms with Gasteiger partial charge in [0, 0.05) is 26.4 Å². The maximum atomic E-state index is 11.6. The molecule has 2 aliphatic rings. The molecule has 1 spiro atoms. The summed E-state index contributed by atoms with van der Waals surface area (Å²) in [6, 6.07) is 6.79. The van der Waals surface area contributed by atoms with Crippen LogP contribution in [0.25, 0.3) is 0 Å². The van der Waals surface area contributed by atoms with E-state index in [9.17, 15) is 8.42 Å². The molecule has 0 bridgehead atoms. The average molecular weight is 447 g/mol. The van der Waals surface area contributed by atoms with Crippen LogP contribution in [0.4, 0.5) is 17.8 Å². The van der Waals surface area contributed by atoms with Gasteiger partial charge in [0.2, 0.25) is 17.8 Å². The molecule has 2 N–H and O–H groups in total. The minimum absolute atomic E-state index is 0.108. The van der Waals surface area contributed by atoms with Crippen LogP contribution in [-0.2, 0) is 21.1 Å². The number of ether oxygens (including phenoxy) is 1. The van der Waals surface area contributed by atoms with Gasteiger partial charge in [0.1, 0.15) is 0 Å². The highest BCUT2D eigenvalue weighted by molar-refractivity contribution is 7.90. The number of hydrogen-bond donors (Lipinski definition) is 2. The van der Waals surface area contributed by atoms with Crippen LogP contribution in [0.2, 0.25) is 0 Å². The maximum Gasteiger partial charge on any atom is 0.232 e. The van der Waals surface area contributed by atoms with Gasteiger partial charge in [-0.2, -0.15) is 15.0 Å². The first kappa shape index (κ1) is 21.8. The van der Waals surface area contributed by atoms with E-state index in [1.54, 1.807) is 31.3 Å². The number of nitrogens with one attached hydrogen (secondary N) is 2. The summed E-state index contributed by atoms with van der Waals surface area (Å²) in [5.41, 5.74) is 0.546. The van der Waals surface area contributed by atoms with Crippen molar-refractivity contribution in [3.05, 3.63) is 29.8 Å². The Morgan fingerprint density at radius 3 is 2.32 bits per heavy atom. The number of anilines is 3. The van der Waals surface area contributed by atoms with Crippen molar-refractivity contribution in [2.24, 2.45) is 0 Å². The number of hydrogen-bond acceptors (Lipinski definition) is 9. The molecule has 1 aromatic heterocycles. The molecule has 31 heavy (non-hydrogen) atoms. The lowest BCUT2D eigenvalue weighted by molar-refractivity contribution is -0.187. The van der Waals surface area contributed by atoms with Gasteiger partial charge in [-0.1, -0.05) is 12.1 Å². The zero-order valence-corrected chi connectivity index (χ0v) is 19.3. The van der Waals surface area contributed by atoms with E-state index in [1.165, 1.54) is 12.7 Å². The third-order valence-electron chi connectivity index (χ3n) is 5.74. The summed E-state index contributed by atoms with van der Waals surface area (Å²) < 4.78 is 29.7. The highest BCUT2D eigenvalue weighted by Gasteiger charge is 2.48. The van der Waals surface area contributed by atoms with Crippen molar-refractivity contribution in [1.29, 1.82) is 0 Å². The van der Waals surface area contributed by atoms with Gasteiger partial charge in [0.25, 0.3) is 0 Å². The largest absolute Gasteiger partial charge is 0.365 e. The monoisotopic (exact) mass is 446 g/mol. The van der Waals surface area contributed by atoms with E-state index in [0.717, 1.165) is 24.9 Å². The molecule has 1 saturated heterocycles. The van der Waals surface area contributed by atoms with E-state index < -0.39 is 9.84 Å². The van der Waals surface area contributed by atoms with E-state index in [0.29, 0.717) is 35.8 Å². The summed E-state index contributed by atoms with van der Waals surface area (Å²) in [5, 5.41) is 6.24. The van der Waals surface area contributed by atoms with Crippen LogP contribution in [0.5, 0.6) is 0 Å². The molecule has 4 rings (SSSR count). The Labute approximate surface area is 183 Å². The normalized spacial score (nSPS) is 19.7. The standard InChI is InChI=1S/C21H30N6O3S/c1-20(2)13-27(14-21(30-20)10-5-11-21)19-25-17(22-3)24-18(26-19)23-12-15-6-8-16(9-7-15)31(4,28)29/h6-9H,5,10-14H2,1-4H3,(H2,22,23,24,25,26). The van der Waals surface area contributed by atoms with Gasteiger partial charge in [-0.25, -0.2) is 8.42 Å². The Balaban J connectivity index is 1.52. The van der Waals surface area contributed by atoms with Crippen LogP contribution in [0, 0.1) is 0 Å². The second-order valence-electron chi connectivity index (χ2n) is 9.06. The fraction of sp³-hybridized carbons (Fsp3) is 0.571. The van der Waals surface area contributed by atoms with Gasteiger partial charge in [0.15, 0.2) is 9.84 Å². The Bertz CT molecular complexity index is 1050. The summed E-state index contributed by atoms with van der Waals surface area (Å²) in [6.07, 6.45) is 4.51. The molecule has 168 valence electrons. The van der Waals surface area contributed by atoms with Crippen LogP contribution in [0.1, 0.15) is 38.7 Å². The highest BCUT2D eigenvalue weighted by atomic mass is 32.2. The Morgan fingerprint density at radius 2 is 1.74 bits per heavy atom. The van der Waals surface area contributed by atoms with E-state index in [2.05, 4.69) is 44.3 Å². The van der Waals surface area contributed by atoms with Crippen molar-refractivity contribution >= 4 is 27.7 Å².